The minimum atomic E-state index is -0.798. The van der Waals surface area contributed by atoms with Gasteiger partial charge in [0.25, 0.3) is 5.91 Å². The summed E-state index contributed by atoms with van der Waals surface area (Å²) in [7, 11) is 3.12. The first-order valence-electron chi connectivity index (χ1n) is 10.8. The topological polar surface area (TPSA) is 164 Å². The normalized spacial score (nSPS) is 11.3. The lowest BCUT2D eigenvalue weighted by Gasteiger charge is -2.18. The van der Waals surface area contributed by atoms with Crippen LogP contribution >= 0.6 is 0 Å². The summed E-state index contributed by atoms with van der Waals surface area (Å²) in [5.74, 6) is -0.00829. The van der Waals surface area contributed by atoms with E-state index >= 15 is 0 Å². The number of aromatic nitrogens is 2. The average molecular weight is 481 g/mol. The summed E-state index contributed by atoms with van der Waals surface area (Å²) < 4.78 is 16.3. The number of benzene rings is 2. The van der Waals surface area contributed by atoms with E-state index in [1.54, 1.807) is 57.5 Å². The van der Waals surface area contributed by atoms with Gasteiger partial charge in [0.1, 0.15) is 29.7 Å². The highest BCUT2D eigenvalue weighted by Crippen LogP contribution is 2.29. The number of carbonyl (C=O) groups excluding carboxylic acids is 2. The number of nitrogens with two attached hydrogens (primary N) is 2. The van der Waals surface area contributed by atoms with Crippen LogP contribution in [0.5, 0.6) is 17.4 Å². The Morgan fingerprint density at radius 2 is 1.71 bits per heavy atom. The van der Waals surface area contributed by atoms with Gasteiger partial charge in [-0.25, -0.2) is 0 Å². The van der Waals surface area contributed by atoms with Gasteiger partial charge in [-0.05, 0) is 36.2 Å². The number of amides is 2. The SMILES string of the molecule is CC[C@@H](Nc1nc(Nc2cccc(OC)c2)c(C(N)=O)c(OCc2ccc(OC)cc2)n1)C(N)=O. The molecule has 0 bridgehead atoms. The monoisotopic (exact) mass is 480 g/mol. The third-order valence-electron chi connectivity index (χ3n) is 5.04. The molecule has 0 fully saturated rings. The standard InChI is InChI=1S/C24H28N6O5/c1-4-18(20(25)31)28-24-29-22(27-15-6-5-7-17(12-15)34-3)19(21(26)32)23(30-24)35-13-14-8-10-16(33-2)11-9-14/h5-12,18H,4,13H2,1-3H3,(H2,25,31)(H2,26,32)(H2,27,28,29,30)/t18-/m1/s1. The maximum atomic E-state index is 12.4. The van der Waals surface area contributed by atoms with Crippen molar-refractivity contribution in [2.45, 2.75) is 26.0 Å². The van der Waals surface area contributed by atoms with Gasteiger partial charge < -0.3 is 36.3 Å². The maximum Gasteiger partial charge on any atom is 0.258 e. The maximum absolute atomic E-state index is 12.4. The molecule has 184 valence electrons. The highest BCUT2D eigenvalue weighted by molar-refractivity contribution is 6.00. The first-order chi connectivity index (χ1) is 16.8. The number of primary amides is 2. The molecule has 0 aliphatic carbocycles. The van der Waals surface area contributed by atoms with Gasteiger partial charge in [0, 0.05) is 11.8 Å². The summed E-state index contributed by atoms with van der Waals surface area (Å²) in [6.45, 7) is 1.88. The molecular weight excluding hydrogens is 452 g/mol. The van der Waals surface area contributed by atoms with E-state index in [0.717, 1.165) is 5.56 Å². The zero-order valence-electron chi connectivity index (χ0n) is 19.7. The van der Waals surface area contributed by atoms with Gasteiger partial charge in [0.2, 0.25) is 17.7 Å². The Morgan fingerprint density at radius 1 is 1.00 bits per heavy atom. The lowest BCUT2D eigenvalue weighted by atomic mass is 10.2. The first-order valence-corrected chi connectivity index (χ1v) is 10.8. The van der Waals surface area contributed by atoms with Crippen molar-refractivity contribution in [1.82, 2.24) is 9.97 Å². The van der Waals surface area contributed by atoms with Crippen molar-refractivity contribution in [1.29, 1.82) is 0 Å². The van der Waals surface area contributed by atoms with Crippen LogP contribution in [-0.4, -0.2) is 42.0 Å². The molecule has 6 N–H and O–H groups in total. The van der Waals surface area contributed by atoms with Gasteiger partial charge in [-0.3, -0.25) is 9.59 Å². The smallest absolute Gasteiger partial charge is 0.258 e. The van der Waals surface area contributed by atoms with Crippen LogP contribution in [0.25, 0.3) is 0 Å². The zero-order valence-corrected chi connectivity index (χ0v) is 19.7. The number of carbonyl (C=O) groups is 2. The molecule has 0 radical (unpaired) electrons. The zero-order chi connectivity index (χ0) is 25.4. The van der Waals surface area contributed by atoms with Crippen LogP contribution in [0.15, 0.2) is 48.5 Å². The fourth-order valence-corrected chi connectivity index (χ4v) is 3.16. The van der Waals surface area contributed by atoms with Crippen molar-refractivity contribution < 1.29 is 23.8 Å². The lowest BCUT2D eigenvalue weighted by molar-refractivity contribution is -0.118. The molecule has 3 rings (SSSR count). The van der Waals surface area contributed by atoms with Gasteiger partial charge in [0.15, 0.2) is 5.82 Å². The van der Waals surface area contributed by atoms with Gasteiger partial charge in [0.05, 0.1) is 14.2 Å². The van der Waals surface area contributed by atoms with Crippen LogP contribution in [0.3, 0.4) is 0 Å². The molecule has 0 spiro atoms. The first kappa shape index (κ1) is 25.1. The molecule has 0 aliphatic heterocycles. The Bertz CT molecular complexity index is 1190. The molecule has 2 aromatic carbocycles. The van der Waals surface area contributed by atoms with E-state index in [0.29, 0.717) is 23.6 Å². The van der Waals surface area contributed by atoms with E-state index in [1.165, 1.54) is 0 Å². The molecule has 0 saturated carbocycles. The third-order valence-corrected chi connectivity index (χ3v) is 5.04. The predicted octanol–water partition coefficient (Wildman–Crippen LogP) is 2.59. The van der Waals surface area contributed by atoms with Crippen molar-refractivity contribution in [2.75, 3.05) is 24.9 Å². The van der Waals surface area contributed by atoms with Gasteiger partial charge >= 0.3 is 0 Å². The molecule has 11 heteroatoms. The Kier molecular flexibility index (Phi) is 8.28. The lowest BCUT2D eigenvalue weighted by Crippen LogP contribution is -2.35. The van der Waals surface area contributed by atoms with E-state index in [1.807, 2.05) is 12.1 Å². The van der Waals surface area contributed by atoms with E-state index in [2.05, 4.69) is 20.6 Å². The largest absolute Gasteiger partial charge is 0.497 e. The molecule has 35 heavy (non-hydrogen) atoms. The predicted molar refractivity (Wildman–Crippen MR) is 131 cm³/mol. The molecule has 11 nitrogen and oxygen atoms in total. The number of hydrogen-bond acceptors (Lipinski definition) is 9. The second-order valence-corrected chi connectivity index (χ2v) is 7.44. The van der Waals surface area contributed by atoms with Crippen LogP contribution in [-0.2, 0) is 11.4 Å². The van der Waals surface area contributed by atoms with Crippen molar-refractivity contribution in [3.05, 3.63) is 59.7 Å². The molecule has 0 unspecified atom stereocenters. The second kappa shape index (κ2) is 11.5. The third kappa shape index (κ3) is 6.50. The molecule has 0 aliphatic rings. The minimum absolute atomic E-state index is 0.0378. The summed E-state index contributed by atoms with van der Waals surface area (Å²) in [5.41, 5.74) is 12.5. The quantitative estimate of drug-likeness (QED) is 0.305. The average Bonchev–Trinajstić information content (AvgIpc) is 2.85. The number of ether oxygens (including phenoxy) is 3. The molecule has 1 aromatic heterocycles. The van der Waals surface area contributed by atoms with Gasteiger partial charge in [-0.1, -0.05) is 25.1 Å². The van der Waals surface area contributed by atoms with Crippen molar-refractivity contribution in [3.8, 4) is 17.4 Å². The highest BCUT2D eigenvalue weighted by Gasteiger charge is 2.23. The van der Waals surface area contributed by atoms with E-state index in [4.69, 9.17) is 25.7 Å². The Balaban J connectivity index is 2.01. The number of hydrogen-bond donors (Lipinski definition) is 4. The Labute approximate surface area is 202 Å². The highest BCUT2D eigenvalue weighted by atomic mass is 16.5. The van der Waals surface area contributed by atoms with E-state index in [9.17, 15) is 9.59 Å². The minimum Gasteiger partial charge on any atom is -0.497 e. The fourth-order valence-electron chi connectivity index (χ4n) is 3.16. The van der Waals surface area contributed by atoms with Crippen molar-refractivity contribution in [2.24, 2.45) is 11.5 Å². The summed E-state index contributed by atoms with van der Waals surface area (Å²) >= 11 is 0. The molecule has 3 aromatic rings. The van der Waals surface area contributed by atoms with Crippen LogP contribution in [0.4, 0.5) is 17.5 Å². The Hall–Kier alpha value is -4.54. The van der Waals surface area contributed by atoms with Gasteiger partial charge in [-0.2, -0.15) is 9.97 Å². The van der Waals surface area contributed by atoms with Crippen LogP contribution < -0.4 is 36.3 Å². The summed E-state index contributed by atoms with van der Waals surface area (Å²) in [6, 6.07) is 13.5. The molecule has 0 saturated heterocycles. The van der Waals surface area contributed by atoms with E-state index < -0.39 is 17.9 Å². The number of nitrogens with zero attached hydrogens (tertiary/aromatic N) is 2. The number of methoxy groups -OCH3 is 2. The molecule has 1 atom stereocenters. The number of nitrogens with one attached hydrogen (secondary N) is 2. The second-order valence-electron chi connectivity index (χ2n) is 7.44. The summed E-state index contributed by atoms with van der Waals surface area (Å²) in [6.07, 6.45) is 0.400. The Morgan fingerprint density at radius 3 is 2.31 bits per heavy atom. The molecular formula is C24H28N6O5. The van der Waals surface area contributed by atoms with E-state index in [-0.39, 0.29) is 29.8 Å². The molecule has 2 amide bonds. The van der Waals surface area contributed by atoms with Crippen LogP contribution in [0, 0.1) is 0 Å². The van der Waals surface area contributed by atoms with Crippen molar-refractivity contribution >= 4 is 29.3 Å². The van der Waals surface area contributed by atoms with Crippen molar-refractivity contribution in [3.63, 3.8) is 0 Å². The number of anilines is 3. The molecule has 1 heterocycles. The van der Waals surface area contributed by atoms with Gasteiger partial charge in [-0.15, -0.1) is 0 Å². The van der Waals surface area contributed by atoms with Crippen LogP contribution in [0.1, 0.15) is 29.3 Å². The summed E-state index contributed by atoms with van der Waals surface area (Å²) in [5, 5.41) is 5.95. The van der Waals surface area contributed by atoms with Crippen LogP contribution in [0.2, 0.25) is 0 Å². The number of rotatable bonds is 12. The summed E-state index contributed by atoms with van der Waals surface area (Å²) in [4.78, 5) is 32.9. The fraction of sp³-hybridized carbons (Fsp3) is 0.250.